The first-order valence-electron chi connectivity index (χ1n) is 12.4. The maximum absolute atomic E-state index is 3.94. The summed E-state index contributed by atoms with van der Waals surface area (Å²) in [7, 11) is 0. The Morgan fingerprint density at radius 2 is 1.83 bits per heavy atom. The maximum Gasteiger partial charge on any atom is 0.149 e. The molecule has 186 valence electrons. The van der Waals surface area contributed by atoms with Crippen LogP contribution in [0.5, 0.6) is 0 Å². The van der Waals surface area contributed by atoms with Gasteiger partial charge in [0, 0.05) is 37.1 Å². The average molecular weight is 506 g/mol. The molecule has 5 heteroatoms. The first-order chi connectivity index (χ1) is 17.1. The molecule has 1 aromatic heterocycles. The summed E-state index contributed by atoms with van der Waals surface area (Å²) in [6, 6.07) is 19.6. The third kappa shape index (κ3) is 6.09. The Kier molecular flexibility index (Phi) is 8.53. The molecule has 0 amide bonds. The fourth-order valence-corrected chi connectivity index (χ4v) is 6.06. The number of nitrogens with zero attached hydrogens (tertiary/aromatic N) is 1. The third-order valence-electron chi connectivity index (χ3n) is 6.48. The largest absolute Gasteiger partial charge is 0.359 e. The van der Waals surface area contributed by atoms with Gasteiger partial charge >= 0.3 is 0 Å². The van der Waals surface area contributed by atoms with Crippen molar-refractivity contribution in [3.8, 4) is 0 Å². The van der Waals surface area contributed by atoms with Crippen LogP contribution < -0.4 is 10.6 Å². The summed E-state index contributed by atoms with van der Waals surface area (Å²) < 4.78 is 0. The van der Waals surface area contributed by atoms with Gasteiger partial charge in [0.1, 0.15) is 5.50 Å². The Labute approximate surface area is 221 Å². The van der Waals surface area contributed by atoms with Crippen LogP contribution in [0, 0.1) is 25.2 Å². The topological polar surface area (TPSA) is 37.0 Å². The Hall–Kier alpha value is -2.76. The molecule has 1 saturated carbocycles. The van der Waals surface area contributed by atoms with E-state index in [-0.39, 0.29) is 13.8 Å². The van der Waals surface area contributed by atoms with Crippen LogP contribution in [-0.4, -0.2) is 10.5 Å². The number of allylic oxidation sites excluding steroid dienone is 5. The zero-order valence-corrected chi connectivity index (χ0v) is 22.6. The summed E-state index contributed by atoms with van der Waals surface area (Å²) >= 11 is 3.49. The molecule has 2 aromatic carbocycles. The van der Waals surface area contributed by atoms with Crippen LogP contribution in [0.3, 0.4) is 0 Å². The fourth-order valence-electron chi connectivity index (χ4n) is 4.72. The van der Waals surface area contributed by atoms with E-state index in [0.29, 0.717) is 11.8 Å². The van der Waals surface area contributed by atoms with E-state index in [1.807, 2.05) is 37.9 Å². The van der Waals surface area contributed by atoms with Crippen LogP contribution in [0.15, 0.2) is 102 Å². The Bertz CT molecular complexity index is 1160. The lowest BCUT2D eigenvalue weighted by Crippen LogP contribution is -2.32. The number of hydrogen-bond donors (Lipinski definition) is 2. The fraction of sp³-hybridized carbons (Fsp3) is 0.300. The van der Waals surface area contributed by atoms with Gasteiger partial charge in [-0.2, -0.15) is 0 Å². The predicted molar refractivity (Wildman–Crippen MR) is 158 cm³/mol. The first-order valence-corrected chi connectivity index (χ1v) is 14.2. The lowest BCUT2D eigenvalue weighted by Gasteiger charge is -2.29. The van der Waals surface area contributed by atoms with Gasteiger partial charge in [-0.25, -0.2) is 0 Å². The van der Waals surface area contributed by atoms with Gasteiger partial charge in [-0.15, -0.1) is 11.3 Å². The van der Waals surface area contributed by atoms with E-state index in [1.54, 1.807) is 17.5 Å². The monoisotopic (exact) mass is 505 g/mol. The van der Waals surface area contributed by atoms with Crippen molar-refractivity contribution < 1.29 is 2.85 Å². The van der Waals surface area contributed by atoms with Crippen molar-refractivity contribution in [2.24, 2.45) is 11.3 Å². The summed E-state index contributed by atoms with van der Waals surface area (Å²) in [6.07, 6.45) is 12.3. The number of thiazole rings is 1. The molecule has 0 bridgehead atoms. The van der Waals surface area contributed by atoms with E-state index in [1.165, 1.54) is 23.2 Å². The number of aromatic nitrogens is 1. The van der Waals surface area contributed by atoms with Crippen molar-refractivity contribution in [1.82, 2.24) is 10.3 Å². The van der Waals surface area contributed by atoms with E-state index in [2.05, 4.69) is 107 Å². The minimum Gasteiger partial charge on any atom is -0.359 e. The average Bonchev–Trinajstić information content (AvgIpc) is 3.14. The summed E-state index contributed by atoms with van der Waals surface area (Å²) in [6.45, 7) is 8.11. The molecule has 4 atom stereocenters. The quantitative estimate of drug-likeness (QED) is 0.363. The zero-order chi connectivity index (χ0) is 24.7. The van der Waals surface area contributed by atoms with Gasteiger partial charge < -0.3 is 10.6 Å². The molecule has 0 spiro atoms. The highest BCUT2D eigenvalue weighted by Crippen LogP contribution is 2.66. The van der Waals surface area contributed by atoms with Crippen LogP contribution >= 0.6 is 23.1 Å². The molecule has 2 heterocycles. The molecular formula is C30H39N3S2. The molecule has 1 fully saturated rings. The molecule has 0 radical (unpaired) electrons. The van der Waals surface area contributed by atoms with Crippen LogP contribution in [0.2, 0.25) is 0 Å². The zero-order valence-electron chi connectivity index (χ0n) is 20.9. The van der Waals surface area contributed by atoms with E-state index < -0.39 is 0 Å². The molecule has 3 aromatic rings. The number of rotatable bonds is 5. The van der Waals surface area contributed by atoms with Crippen molar-refractivity contribution >= 4 is 28.8 Å². The van der Waals surface area contributed by atoms with Crippen molar-refractivity contribution in [2.75, 3.05) is 5.32 Å². The van der Waals surface area contributed by atoms with E-state index in [9.17, 15) is 0 Å². The van der Waals surface area contributed by atoms with Gasteiger partial charge in [0.25, 0.3) is 0 Å². The minimum atomic E-state index is 0. The van der Waals surface area contributed by atoms with Crippen LogP contribution in [-0.2, 0) is 0 Å². The lowest BCUT2D eigenvalue weighted by molar-refractivity contribution is 0.494. The van der Waals surface area contributed by atoms with Gasteiger partial charge in [0.2, 0.25) is 0 Å². The molecule has 3 nitrogen and oxygen atoms in total. The van der Waals surface area contributed by atoms with E-state index in [4.69, 9.17) is 0 Å². The maximum atomic E-state index is 3.94. The number of nitrogens with one attached hydrogen (secondary N) is 2. The number of aryl methyl sites for hydroxylation is 2. The number of benzene rings is 2. The highest BCUT2D eigenvalue weighted by molar-refractivity contribution is 8.03. The molecule has 3 aliphatic rings. The van der Waals surface area contributed by atoms with Gasteiger partial charge in [0.05, 0.1) is 5.01 Å². The molecular weight excluding hydrogens is 466 g/mol. The van der Waals surface area contributed by atoms with E-state index >= 15 is 0 Å². The SMILES string of the molecule is CC.Cc1ccc(NC2NC(C(c3ccccc3)C34C=CC=CC3C4)=CS2)cc1.Cc1nccs1.[HH].[HH]. The Morgan fingerprint density at radius 3 is 2.46 bits per heavy atom. The summed E-state index contributed by atoms with van der Waals surface area (Å²) in [5, 5.41) is 12.8. The minimum absolute atomic E-state index is 0. The first kappa shape index (κ1) is 25.3. The molecule has 6 rings (SSSR count). The van der Waals surface area contributed by atoms with Gasteiger partial charge in [-0.1, -0.05) is 97.9 Å². The Balaban J connectivity index is 0.000000421. The van der Waals surface area contributed by atoms with Gasteiger partial charge in [0.15, 0.2) is 0 Å². The number of anilines is 1. The van der Waals surface area contributed by atoms with E-state index in [0.717, 1.165) is 10.7 Å². The molecule has 2 N–H and O–H groups in total. The van der Waals surface area contributed by atoms with Crippen molar-refractivity contribution in [3.63, 3.8) is 0 Å². The number of hydrogen-bond acceptors (Lipinski definition) is 5. The lowest BCUT2D eigenvalue weighted by atomic mass is 9.78. The molecule has 2 aliphatic carbocycles. The second-order valence-electron chi connectivity index (χ2n) is 8.81. The molecule has 35 heavy (non-hydrogen) atoms. The van der Waals surface area contributed by atoms with Crippen LogP contribution in [0.1, 0.15) is 45.2 Å². The molecule has 1 aliphatic heterocycles. The second-order valence-corrected chi connectivity index (χ2v) is 10.9. The number of thioether (sulfide) groups is 1. The van der Waals surface area contributed by atoms with Crippen LogP contribution in [0.4, 0.5) is 5.69 Å². The summed E-state index contributed by atoms with van der Waals surface area (Å²) in [5.41, 5.74) is 5.57. The normalized spacial score (nSPS) is 23.9. The van der Waals surface area contributed by atoms with Gasteiger partial charge in [-0.05, 0) is 49.3 Å². The van der Waals surface area contributed by atoms with Crippen molar-refractivity contribution in [2.45, 2.75) is 45.5 Å². The molecule has 0 saturated heterocycles. The highest BCUT2D eigenvalue weighted by Gasteiger charge is 2.58. The van der Waals surface area contributed by atoms with Gasteiger partial charge in [-0.3, -0.25) is 4.98 Å². The van der Waals surface area contributed by atoms with Crippen molar-refractivity contribution in [1.29, 1.82) is 0 Å². The Morgan fingerprint density at radius 1 is 1.06 bits per heavy atom. The highest BCUT2D eigenvalue weighted by atomic mass is 32.2. The molecule has 4 unspecified atom stereocenters. The second kappa shape index (κ2) is 11.8. The predicted octanol–water partition coefficient (Wildman–Crippen LogP) is 8.75. The smallest absolute Gasteiger partial charge is 0.149 e. The standard InChI is InChI=1S/C24H24N2S.C4H5NS.C2H6.2H2/c1-17-10-12-20(13-11-17)25-23-26-21(16-27-23)22(18-7-3-2-4-8-18)24-14-6-5-9-19(24)15-24;1-4-5-2-3-6-4;1-2;;/h2-14,16,19,22-23,25-26H,15H2,1H3;2-3H,1H3;1-2H3;2*1H. The number of fused-ring (bicyclic) bond motifs is 1. The van der Waals surface area contributed by atoms with Crippen molar-refractivity contribution in [3.05, 3.63) is 118 Å². The summed E-state index contributed by atoms with van der Waals surface area (Å²) in [4.78, 5) is 3.94. The summed E-state index contributed by atoms with van der Waals surface area (Å²) in [5.74, 6) is 1.03. The van der Waals surface area contributed by atoms with Crippen LogP contribution in [0.25, 0.3) is 0 Å². The third-order valence-corrected chi connectivity index (χ3v) is 8.08.